The molecule has 0 radical (unpaired) electrons. The van der Waals surface area contributed by atoms with Crippen molar-refractivity contribution in [3.63, 3.8) is 0 Å². The van der Waals surface area contributed by atoms with Crippen LogP contribution >= 0.6 is 12.2 Å². The van der Waals surface area contributed by atoms with Crippen LogP contribution in [-0.4, -0.2) is 14.8 Å². The van der Waals surface area contributed by atoms with Gasteiger partial charge < -0.3 is 4.42 Å². The summed E-state index contributed by atoms with van der Waals surface area (Å²) in [5, 5.41) is 4.38. The molecule has 0 unspecified atom stereocenters. The molecule has 3 aromatic rings. The molecule has 0 atom stereocenters. The fraction of sp³-hybridized carbons (Fsp3) is 0.0714. The van der Waals surface area contributed by atoms with E-state index >= 15 is 0 Å². The molecule has 2 heterocycles. The smallest absolute Gasteiger partial charge is 0.287 e. The van der Waals surface area contributed by atoms with Crippen molar-refractivity contribution in [1.29, 1.82) is 0 Å². The van der Waals surface area contributed by atoms with Crippen molar-refractivity contribution in [2.45, 2.75) is 6.54 Å². The summed E-state index contributed by atoms with van der Waals surface area (Å²) in [7, 11) is 0. The van der Waals surface area contributed by atoms with Crippen molar-refractivity contribution in [2.75, 3.05) is 0 Å². The quantitative estimate of drug-likeness (QED) is 0.684. The Bertz CT molecular complexity index is 719. The molecule has 3 rings (SSSR count). The minimum Gasteiger partial charge on any atom is -0.409 e. The summed E-state index contributed by atoms with van der Waals surface area (Å²) in [6.45, 7) is 0.601. The fourth-order valence-electron chi connectivity index (χ4n) is 1.77. The van der Waals surface area contributed by atoms with Gasteiger partial charge in [-0.3, -0.25) is 4.98 Å². The van der Waals surface area contributed by atoms with Gasteiger partial charge in [0.15, 0.2) is 0 Å². The number of nitrogens with zero attached hydrogens (tertiary/aromatic N) is 3. The van der Waals surface area contributed by atoms with E-state index < -0.39 is 0 Å². The predicted molar refractivity (Wildman–Crippen MR) is 74.1 cm³/mol. The SMILES string of the molecule is S=c1oc(-c2cccnc2)nn1Cc1ccccc1. The molecule has 0 aliphatic carbocycles. The van der Waals surface area contributed by atoms with E-state index in [9.17, 15) is 0 Å². The number of benzene rings is 1. The molecule has 0 fully saturated rings. The lowest BCUT2D eigenvalue weighted by molar-refractivity contribution is 0.525. The first kappa shape index (κ1) is 11.8. The molecule has 0 amide bonds. The molecule has 1 aromatic carbocycles. The van der Waals surface area contributed by atoms with Crippen LogP contribution < -0.4 is 0 Å². The molecule has 94 valence electrons. The van der Waals surface area contributed by atoms with E-state index in [-0.39, 0.29) is 0 Å². The van der Waals surface area contributed by atoms with Crippen LogP contribution in [0.1, 0.15) is 5.56 Å². The first-order chi connectivity index (χ1) is 9.33. The van der Waals surface area contributed by atoms with E-state index in [4.69, 9.17) is 16.6 Å². The summed E-state index contributed by atoms with van der Waals surface area (Å²) in [5.41, 5.74) is 1.95. The van der Waals surface area contributed by atoms with Gasteiger partial charge in [0.2, 0.25) is 5.89 Å². The first-order valence-electron chi connectivity index (χ1n) is 5.85. The largest absolute Gasteiger partial charge is 0.409 e. The summed E-state index contributed by atoms with van der Waals surface area (Å²) in [6.07, 6.45) is 3.41. The third-order valence-electron chi connectivity index (χ3n) is 2.69. The van der Waals surface area contributed by atoms with Crippen LogP contribution in [0.2, 0.25) is 0 Å². The average Bonchev–Trinajstić information content (AvgIpc) is 2.82. The Morgan fingerprint density at radius 3 is 2.68 bits per heavy atom. The van der Waals surface area contributed by atoms with Crippen molar-refractivity contribution in [2.24, 2.45) is 0 Å². The zero-order valence-electron chi connectivity index (χ0n) is 10.1. The number of hydrogen-bond donors (Lipinski definition) is 0. The van der Waals surface area contributed by atoms with E-state index in [2.05, 4.69) is 10.1 Å². The Hall–Kier alpha value is -2.27. The normalized spacial score (nSPS) is 10.5. The maximum Gasteiger partial charge on any atom is 0.287 e. The molecule has 5 heteroatoms. The number of rotatable bonds is 3. The molecule has 0 N–H and O–H groups in total. The second-order valence-corrected chi connectivity index (χ2v) is 4.41. The monoisotopic (exact) mass is 269 g/mol. The Morgan fingerprint density at radius 1 is 1.11 bits per heavy atom. The van der Waals surface area contributed by atoms with E-state index in [0.29, 0.717) is 17.3 Å². The number of aromatic nitrogens is 3. The Kier molecular flexibility index (Phi) is 3.20. The molecule has 0 bridgehead atoms. The molecule has 0 aliphatic rings. The number of hydrogen-bond acceptors (Lipinski definition) is 4. The lowest BCUT2D eigenvalue weighted by atomic mass is 10.2. The van der Waals surface area contributed by atoms with E-state index in [1.54, 1.807) is 17.1 Å². The standard InChI is InChI=1S/C14H11N3OS/c19-14-17(10-11-5-2-1-3-6-11)16-13(18-14)12-7-4-8-15-9-12/h1-9H,10H2. The zero-order valence-corrected chi connectivity index (χ0v) is 10.9. The topological polar surface area (TPSA) is 43.9 Å². The second kappa shape index (κ2) is 5.16. The van der Waals surface area contributed by atoms with Crippen LogP contribution in [0.3, 0.4) is 0 Å². The Morgan fingerprint density at radius 2 is 1.95 bits per heavy atom. The Labute approximate surface area is 115 Å². The van der Waals surface area contributed by atoms with Crippen molar-refractivity contribution < 1.29 is 4.42 Å². The molecule has 0 spiro atoms. The van der Waals surface area contributed by atoms with Gasteiger partial charge in [0.05, 0.1) is 12.1 Å². The highest BCUT2D eigenvalue weighted by molar-refractivity contribution is 7.71. The molecule has 4 nitrogen and oxygen atoms in total. The van der Waals surface area contributed by atoms with Crippen LogP contribution in [-0.2, 0) is 6.54 Å². The molecular formula is C14H11N3OS. The van der Waals surface area contributed by atoms with Crippen LogP contribution in [0.5, 0.6) is 0 Å². The second-order valence-electron chi connectivity index (χ2n) is 4.06. The maximum absolute atomic E-state index is 5.50. The summed E-state index contributed by atoms with van der Waals surface area (Å²) >= 11 is 5.19. The van der Waals surface area contributed by atoms with Crippen LogP contribution in [0.25, 0.3) is 11.5 Å². The molecule has 0 saturated heterocycles. The first-order valence-corrected chi connectivity index (χ1v) is 6.26. The van der Waals surface area contributed by atoms with Crippen molar-refractivity contribution in [1.82, 2.24) is 14.8 Å². The molecule has 19 heavy (non-hydrogen) atoms. The molecular weight excluding hydrogens is 258 g/mol. The van der Waals surface area contributed by atoms with Gasteiger partial charge >= 0.3 is 0 Å². The molecule has 2 aromatic heterocycles. The summed E-state index contributed by atoms with van der Waals surface area (Å²) in [5.74, 6) is 0.494. The predicted octanol–water partition coefficient (Wildman–Crippen LogP) is 3.32. The van der Waals surface area contributed by atoms with Crippen LogP contribution in [0, 0.1) is 4.84 Å². The highest BCUT2D eigenvalue weighted by Gasteiger charge is 2.08. The van der Waals surface area contributed by atoms with Gasteiger partial charge in [0, 0.05) is 12.4 Å². The van der Waals surface area contributed by atoms with Crippen molar-refractivity contribution in [3.05, 3.63) is 65.3 Å². The van der Waals surface area contributed by atoms with E-state index in [0.717, 1.165) is 11.1 Å². The fourth-order valence-corrected chi connectivity index (χ4v) is 1.95. The summed E-state index contributed by atoms with van der Waals surface area (Å²) in [4.78, 5) is 4.40. The Balaban J connectivity index is 1.93. The minimum absolute atomic E-state index is 0.364. The van der Waals surface area contributed by atoms with E-state index in [1.807, 2.05) is 42.5 Å². The van der Waals surface area contributed by atoms with Gasteiger partial charge in [0.1, 0.15) is 0 Å². The minimum atomic E-state index is 0.364. The third-order valence-corrected chi connectivity index (χ3v) is 2.98. The lowest BCUT2D eigenvalue weighted by Crippen LogP contribution is -2.01. The van der Waals surface area contributed by atoms with Gasteiger partial charge in [-0.1, -0.05) is 30.3 Å². The summed E-state index contributed by atoms with van der Waals surface area (Å²) in [6, 6.07) is 13.7. The highest BCUT2D eigenvalue weighted by atomic mass is 32.1. The molecule has 0 aliphatic heterocycles. The number of pyridine rings is 1. The lowest BCUT2D eigenvalue weighted by Gasteiger charge is -1.99. The highest BCUT2D eigenvalue weighted by Crippen LogP contribution is 2.16. The van der Waals surface area contributed by atoms with Gasteiger partial charge in [-0.05, 0) is 29.9 Å². The maximum atomic E-state index is 5.50. The zero-order chi connectivity index (χ0) is 13.1. The van der Waals surface area contributed by atoms with Gasteiger partial charge in [-0.15, -0.1) is 5.10 Å². The summed E-state index contributed by atoms with van der Waals surface area (Å²) < 4.78 is 7.17. The molecule has 0 saturated carbocycles. The van der Waals surface area contributed by atoms with Gasteiger partial charge in [-0.2, -0.15) is 0 Å². The van der Waals surface area contributed by atoms with Crippen LogP contribution in [0.15, 0.2) is 59.3 Å². The van der Waals surface area contributed by atoms with E-state index in [1.165, 1.54) is 0 Å². The van der Waals surface area contributed by atoms with Crippen molar-refractivity contribution >= 4 is 12.2 Å². The third kappa shape index (κ3) is 2.61. The van der Waals surface area contributed by atoms with Gasteiger partial charge in [-0.25, -0.2) is 4.68 Å². The average molecular weight is 269 g/mol. The van der Waals surface area contributed by atoms with Crippen LogP contribution in [0.4, 0.5) is 0 Å². The van der Waals surface area contributed by atoms with Gasteiger partial charge in [0.25, 0.3) is 4.84 Å². The van der Waals surface area contributed by atoms with Crippen molar-refractivity contribution in [3.8, 4) is 11.5 Å².